The van der Waals surface area contributed by atoms with Gasteiger partial charge in [0.05, 0.1) is 6.61 Å². The quantitative estimate of drug-likeness (QED) is 0.616. The molecule has 2 rings (SSSR count). The summed E-state index contributed by atoms with van der Waals surface area (Å²) in [7, 11) is 0. The van der Waals surface area contributed by atoms with Crippen LogP contribution in [0, 0.1) is 0 Å². The third kappa shape index (κ3) is 3.52. The maximum Gasteiger partial charge on any atom is 0.123 e. The van der Waals surface area contributed by atoms with Crippen LogP contribution in [0.25, 0.3) is 0 Å². The first-order valence-corrected chi connectivity index (χ1v) is 6.93. The van der Waals surface area contributed by atoms with E-state index in [-0.39, 0.29) is 0 Å². The Morgan fingerprint density at radius 2 is 2.22 bits per heavy atom. The number of phenols is 1. The first-order valence-electron chi connectivity index (χ1n) is 6.93. The van der Waals surface area contributed by atoms with Crippen molar-refractivity contribution in [2.75, 3.05) is 6.61 Å². The second-order valence-electron chi connectivity index (χ2n) is 4.93. The lowest BCUT2D eigenvalue weighted by molar-refractivity contribution is 0.307. The maximum atomic E-state index is 9.78. The number of rotatable bonds is 5. The Bertz CT molecular complexity index is 410. The summed E-state index contributed by atoms with van der Waals surface area (Å²) in [4.78, 5) is 0. The minimum atomic E-state index is 0.304. The van der Waals surface area contributed by atoms with Gasteiger partial charge in [0.15, 0.2) is 0 Å². The van der Waals surface area contributed by atoms with Crippen LogP contribution in [0.1, 0.15) is 50.5 Å². The number of hydrogen-bond donors (Lipinski definition) is 1. The first-order chi connectivity index (χ1) is 8.79. The number of allylic oxidation sites excluding steroid dienone is 2. The highest BCUT2D eigenvalue weighted by atomic mass is 16.5. The Morgan fingerprint density at radius 1 is 1.33 bits per heavy atom. The van der Waals surface area contributed by atoms with E-state index in [1.54, 1.807) is 6.07 Å². The molecule has 0 bridgehead atoms. The van der Waals surface area contributed by atoms with Crippen molar-refractivity contribution in [1.82, 2.24) is 0 Å². The highest BCUT2D eigenvalue weighted by molar-refractivity contribution is 5.40. The number of benzene rings is 1. The summed E-state index contributed by atoms with van der Waals surface area (Å²) in [6.45, 7) is 2.87. The number of phenolic OH excluding ortho intramolecular Hbond substituents is 1. The van der Waals surface area contributed by atoms with Crippen LogP contribution < -0.4 is 4.74 Å². The minimum Gasteiger partial charge on any atom is -0.508 e. The fraction of sp³-hybridized carbons (Fsp3) is 0.500. The zero-order valence-electron chi connectivity index (χ0n) is 11.1. The summed E-state index contributed by atoms with van der Waals surface area (Å²) in [5, 5.41) is 9.78. The highest BCUT2D eigenvalue weighted by Crippen LogP contribution is 2.32. The lowest BCUT2D eigenvalue weighted by atomic mass is 9.89. The van der Waals surface area contributed by atoms with Crippen LogP contribution in [0.2, 0.25) is 0 Å². The molecule has 1 aliphatic rings. The third-order valence-electron chi connectivity index (χ3n) is 3.36. The van der Waals surface area contributed by atoms with Gasteiger partial charge in [0.2, 0.25) is 0 Å². The van der Waals surface area contributed by atoms with Crippen LogP contribution in [0.15, 0.2) is 30.4 Å². The van der Waals surface area contributed by atoms with Crippen molar-refractivity contribution in [1.29, 1.82) is 0 Å². The third-order valence-corrected chi connectivity index (χ3v) is 3.36. The Kier molecular flexibility index (Phi) is 4.68. The molecule has 1 N–H and O–H groups in total. The SMILES string of the molecule is CCCCOc1cc(O)cc(C2C=CCCC2)c1. The van der Waals surface area contributed by atoms with Gasteiger partial charge in [0, 0.05) is 12.0 Å². The van der Waals surface area contributed by atoms with Crippen LogP contribution in [-0.2, 0) is 0 Å². The standard InChI is InChI=1S/C16H22O2/c1-2-3-9-18-16-11-14(10-15(17)12-16)13-7-5-4-6-8-13/h5,7,10-13,17H,2-4,6,8-9H2,1H3. The van der Waals surface area contributed by atoms with Gasteiger partial charge in [-0.3, -0.25) is 0 Å². The lowest BCUT2D eigenvalue weighted by Crippen LogP contribution is -2.01. The van der Waals surface area contributed by atoms with Gasteiger partial charge < -0.3 is 9.84 Å². The molecule has 18 heavy (non-hydrogen) atoms. The van der Waals surface area contributed by atoms with E-state index in [1.807, 2.05) is 6.07 Å². The largest absolute Gasteiger partial charge is 0.508 e. The Morgan fingerprint density at radius 3 is 2.94 bits per heavy atom. The van der Waals surface area contributed by atoms with Gasteiger partial charge in [-0.25, -0.2) is 0 Å². The van der Waals surface area contributed by atoms with Gasteiger partial charge in [0.25, 0.3) is 0 Å². The molecular formula is C16H22O2. The monoisotopic (exact) mass is 246 g/mol. The molecule has 0 aliphatic heterocycles. The van der Waals surface area contributed by atoms with Crippen molar-refractivity contribution in [3.63, 3.8) is 0 Å². The summed E-state index contributed by atoms with van der Waals surface area (Å²) in [6, 6.07) is 5.62. The molecule has 1 unspecified atom stereocenters. The normalized spacial score (nSPS) is 18.8. The van der Waals surface area contributed by atoms with Crippen molar-refractivity contribution in [3.05, 3.63) is 35.9 Å². The average molecular weight is 246 g/mol. The van der Waals surface area contributed by atoms with E-state index in [1.165, 1.54) is 12.8 Å². The molecule has 0 fully saturated rings. The summed E-state index contributed by atoms with van der Waals surface area (Å²) in [5.41, 5.74) is 1.16. The first kappa shape index (κ1) is 13.0. The fourth-order valence-electron chi connectivity index (χ4n) is 2.33. The van der Waals surface area contributed by atoms with Crippen LogP contribution in [-0.4, -0.2) is 11.7 Å². The van der Waals surface area contributed by atoms with Crippen LogP contribution in [0.5, 0.6) is 11.5 Å². The Balaban J connectivity index is 2.10. The van der Waals surface area contributed by atoms with E-state index in [2.05, 4.69) is 25.1 Å². The number of hydrogen-bond acceptors (Lipinski definition) is 2. The number of ether oxygens (including phenoxy) is 1. The summed E-state index contributed by atoms with van der Waals surface area (Å²) in [6.07, 6.45) is 10.2. The predicted octanol–water partition coefficient (Wildman–Crippen LogP) is 4.39. The van der Waals surface area contributed by atoms with Gasteiger partial charge in [-0.15, -0.1) is 0 Å². The van der Waals surface area contributed by atoms with E-state index >= 15 is 0 Å². The summed E-state index contributed by atoms with van der Waals surface area (Å²) >= 11 is 0. The van der Waals surface area contributed by atoms with Crippen molar-refractivity contribution in [2.45, 2.75) is 44.9 Å². The molecule has 0 aromatic heterocycles. The molecule has 2 nitrogen and oxygen atoms in total. The molecule has 0 saturated carbocycles. The van der Waals surface area contributed by atoms with Gasteiger partial charge in [-0.2, -0.15) is 0 Å². The van der Waals surface area contributed by atoms with Crippen LogP contribution >= 0.6 is 0 Å². The predicted molar refractivity (Wildman–Crippen MR) is 74.2 cm³/mol. The van der Waals surface area contributed by atoms with E-state index in [0.29, 0.717) is 11.7 Å². The highest BCUT2D eigenvalue weighted by Gasteiger charge is 2.13. The van der Waals surface area contributed by atoms with E-state index in [4.69, 9.17) is 4.74 Å². The van der Waals surface area contributed by atoms with Crippen LogP contribution in [0.4, 0.5) is 0 Å². The lowest BCUT2D eigenvalue weighted by Gasteiger charge is -2.18. The molecule has 0 amide bonds. The summed E-state index contributed by atoms with van der Waals surface area (Å²) in [5.74, 6) is 1.52. The summed E-state index contributed by atoms with van der Waals surface area (Å²) < 4.78 is 5.67. The Labute approximate surface area is 109 Å². The van der Waals surface area contributed by atoms with Crippen molar-refractivity contribution in [3.8, 4) is 11.5 Å². The topological polar surface area (TPSA) is 29.5 Å². The van der Waals surface area contributed by atoms with E-state index < -0.39 is 0 Å². The molecule has 98 valence electrons. The molecular weight excluding hydrogens is 224 g/mol. The smallest absolute Gasteiger partial charge is 0.123 e. The van der Waals surface area contributed by atoms with Gasteiger partial charge >= 0.3 is 0 Å². The fourth-order valence-corrected chi connectivity index (χ4v) is 2.33. The number of unbranched alkanes of at least 4 members (excludes halogenated alkanes) is 1. The molecule has 1 aromatic carbocycles. The van der Waals surface area contributed by atoms with E-state index in [9.17, 15) is 5.11 Å². The zero-order chi connectivity index (χ0) is 12.8. The second-order valence-corrected chi connectivity index (χ2v) is 4.93. The zero-order valence-corrected chi connectivity index (χ0v) is 11.1. The van der Waals surface area contributed by atoms with Gasteiger partial charge in [-0.05, 0) is 43.4 Å². The van der Waals surface area contributed by atoms with Crippen molar-refractivity contribution < 1.29 is 9.84 Å². The molecule has 1 aromatic rings. The van der Waals surface area contributed by atoms with Gasteiger partial charge in [-0.1, -0.05) is 25.5 Å². The number of aromatic hydroxyl groups is 1. The molecule has 0 saturated heterocycles. The molecule has 1 atom stereocenters. The molecule has 0 radical (unpaired) electrons. The van der Waals surface area contributed by atoms with Gasteiger partial charge in [0.1, 0.15) is 11.5 Å². The maximum absolute atomic E-state index is 9.78. The average Bonchev–Trinajstić information content (AvgIpc) is 2.39. The molecule has 1 aliphatic carbocycles. The van der Waals surface area contributed by atoms with Crippen LogP contribution in [0.3, 0.4) is 0 Å². The second kappa shape index (κ2) is 6.48. The van der Waals surface area contributed by atoms with E-state index in [0.717, 1.165) is 37.2 Å². The van der Waals surface area contributed by atoms with Crippen molar-refractivity contribution >= 4 is 0 Å². The van der Waals surface area contributed by atoms with Crippen molar-refractivity contribution in [2.24, 2.45) is 0 Å². The Hall–Kier alpha value is -1.44. The molecule has 0 heterocycles. The minimum absolute atomic E-state index is 0.304. The molecule has 2 heteroatoms. The molecule has 0 spiro atoms.